The molecule has 1 fully saturated rings. The van der Waals surface area contributed by atoms with E-state index in [1.165, 1.54) is 44.3 Å². The summed E-state index contributed by atoms with van der Waals surface area (Å²) < 4.78 is 5.65. The fourth-order valence-corrected chi connectivity index (χ4v) is 2.15. The zero-order valence-electron chi connectivity index (χ0n) is 8.05. The number of ether oxygens (including phenoxy) is 1. The molecule has 0 radical (unpaired) electrons. The fourth-order valence-electron chi connectivity index (χ4n) is 1.65. The largest absolute Gasteiger partial charge is 0.378 e. The van der Waals surface area contributed by atoms with Crippen molar-refractivity contribution in [3.8, 4) is 0 Å². The van der Waals surface area contributed by atoms with Gasteiger partial charge < -0.3 is 4.74 Å². The van der Waals surface area contributed by atoms with E-state index in [0.29, 0.717) is 6.10 Å². The van der Waals surface area contributed by atoms with Crippen molar-refractivity contribution < 1.29 is 4.74 Å². The summed E-state index contributed by atoms with van der Waals surface area (Å²) in [6.45, 7) is 1.01. The fraction of sp³-hybridized carbons (Fsp3) is 1.00. The van der Waals surface area contributed by atoms with Crippen molar-refractivity contribution in [1.29, 1.82) is 0 Å². The van der Waals surface area contributed by atoms with Crippen LogP contribution in [0.5, 0.6) is 0 Å². The molecule has 1 unspecified atom stereocenters. The number of rotatable bonds is 5. The van der Waals surface area contributed by atoms with E-state index in [2.05, 4.69) is 6.26 Å². The molecule has 0 N–H and O–H groups in total. The van der Waals surface area contributed by atoms with Crippen molar-refractivity contribution in [3.63, 3.8) is 0 Å². The number of unbranched alkanes of at least 4 members (excludes halogenated alkanes) is 1. The van der Waals surface area contributed by atoms with Gasteiger partial charge in [-0.25, -0.2) is 0 Å². The summed E-state index contributed by atoms with van der Waals surface area (Å²) in [6, 6.07) is 0. The molecule has 2 heteroatoms. The topological polar surface area (TPSA) is 9.23 Å². The van der Waals surface area contributed by atoms with Gasteiger partial charge in [-0.2, -0.15) is 11.8 Å². The molecule has 0 amide bonds. The third-order valence-corrected chi connectivity index (χ3v) is 3.10. The molecular formula is C10H20OS. The highest BCUT2D eigenvalue weighted by Crippen LogP contribution is 2.18. The van der Waals surface area contributed by atoms with Crippen LogP contribution in [-0.4, -0.2) is 24.7 Å². The molecule has 0 aromatic rings. The Morgan fingerprint density at radius 2 is 2.25 bits per heavy atom. The van der Waals surface area contributed by atoms with Crippen molar-refractivity contribution in [3.05, 3.63) is 0 Å². The van der Waals surface area contributed by atoms with Gasteiger partial charge in [0.2, 0.25) is 0 Å². The van der Waals surface area contributed by atoms with Gasteiger partial charge in [0.05, 0.1) is 6.10 Å². The molecule has 1 aliphatic rings. The van der Waals surface area contributed by atoms with Crippen LogP contribution in [0.25, 0.3) is 0 Å². The number of hydrogen-bond donors (Lipinski definition) is 0. The van der Waals surface area contributed by atoms with Gasteiger partial charge in [0.25, 0.3) is 0 Å². The smallest absolute Gasteiger partial charge is 0.0575 e. The maximum absolute atomic E-state index is 5.65. The van der Waals surface area contributed by atoms with E-state index in [1.54, 1.807) is 0 Å². The monoisotopic (exact) mass is 188 g/mol. The number of hydrogen-bond acceptors (Lipinski definition) is 2. The summed E-state index contributed by atoms with van der Waals surface area (Å²) in [5.41, 5.74) is 0. The molecule has 0 bridgehead atoms. The Morgan fingerprint density at radius 3 is 2.92 bits per heavy atom. The van der Waals surface area contributed by atoms with Crippen molar-refractivity contribution in [2.45, 2.75) is 44.6 Å². The first-order valence-corrected chi connectivity index (χ1v) is 6.43. The second kappa shape index (κ2) is 6.79. The third kappa shape index (κ3) is 4.36. The molecule has 0 saturated carbocycles. The predicted octanol–water partition coefficient (Wildman–Crippen LogP) is 3.09. The molecule has 1 saturated heterocycles. The van der Waals surface area contributed by atoms with Gasteiger partial charge in [0.1, 0.15) is 0 Å². The molecule has 1 atom stereocenters. The van der Waals surface area contributed by atoms with Crippen LogP contribution in [0.3, 0.4) is 0 Å². The van der Waals surface area contributed by atoms with E-state index in [1.807, 2.05) is 11.8 Å². The first-order chi connectivity index (χ1) is 5.93. The lowest BCUT2D eigenvalue weighted by molar-refractivity contribution is 0.0101. The molecule has 0 aromatic carbocycles. The Hall–Kier alpha value is 0.310. The maximum Gasteiger partial charge on any atom is 0.0575 e. The molecular weight excluding hydrogens is 168 g/mol. The standard InChI is InChI=1S/C10H20OS/c1-12-9-5-3-7-10-6-2-4-8-11-10/h10H,2-9H2,1H3. The molecule has 0 aliphatic carbocycles. The Balaban J connectivity index is 1.91. The van der Waals surface area contributed by atoms with Gasteiger partial charge in [0.15, 0.2) is 0 Å². The van der Waals surface area contributed by atoms with Gasteiger partial charge in [-0.3, -0.25) is 0 Å². The Morgan fingerprint density at radius 1 is 1.33 bits per heavy atom. The quantitative estimate of drug-likeness (QED) is 0.613. The SMILES string of the molecule is CSCCCCC1CCCCO1. The minimum Gasteiger partial charge on any atom is -0.378 e. The Bertz CT molecular complexity index is 100. The van der Waals surface area contributed by atoms with Crippen LogP contribution in [0.1, 0.15) is 38.5 Å². The molecule has 12 heavy (non-hydrogen) atoms. The second-order valence-corrected chi connectivity index (χ2v) is 4.46. The minimum atomic E-state index is 0.598. The van der Waals surface area contributed by atoms with Crippen LogP contribution in [-0.2, 0) is 4.74 Å². The van der Waals surface area contributed by atoms with E-state index in [9.17, 15) is 0 Å². The van der Waals surface area contributed by atoms with Crippen LogP contribution >= 0.6 is 11.8 Å². The van der Waals surface area contributed by atoms with Crippen molar-refractivity contribution in [2.24, 2.45) is 0 Å². The van der Waals surface area contributed by atoms with Crippen LogP contribution in [0.2, 0.25) is 0 Å². The van der Waals surface area contributed by atoms with Crippen LogP contribution in [0.4, 0.5) is 0 Å². The summed E-state index contributed by atoms with van der Waals surface area (Å²) in [7, 11) is 0. The van der Waals surface area contributed by atoms with E-state index >= 15 is 0 Å². The highest BCUT2D eigenvalue weighted by molar-refractivity contribution is 7.98. The van der Waals surface area contributed by atoms with Gasteiger partial charge >= 0.3 is 0 Å². The molecule has 1 heterocycles. The lowest BCUT2D eigenvalue weighted by Gasteiger charge is -2.22. The van der Waals surface area contributed by atoms with Crippen molar-refractivity contribution in [1.82, 2.24) is 0 Å². The summed E-state index contributed by atoms with van der Waals surface area (Å²) in [4.78, 5) is 0. The molecule has 72 valence electrons. The minimum absolute atomic E-state index is 0.598. The maximum atomic E-state index is 5.65. The van der Waals surface area contributed by atoms with Crippen LogP contribution in [0, 0.1) is 0 Å². The molecule has 1 nitrogen and oxygen atoms in total. The highest BCUT2D eigenvalue weighted by atomic mass is 32.2. The molecule has 1 aliphatic heterocycles. The Kier molecular flexibility index (Phi) is 5.88. The van der Waals surface area contributed by atoms with E-state index < -0.39 is 0 Å². The second-order valence-electron chi connectivity index (χ2n) is 3.48. The molecule has 0 aromatic heterocycles. The van der Waals surface area contributed by atoms with Crippen molar-refractivity contribution in [2.75, 3.05) is 18.6 Å². The molecule has 0 spiro atoms. The normalized spacial score (nSPS) is 24.2. The van der Waals surface area contributed by atoms with Crippen LogP contribution < -0.4 is 0 Å². The summed E-state index contributed by atoms with van der Waals surface area (Å²) in [5.74, 6) is 1.31. The highest BCUT2D eigenvalue weighted by Gasteiger charge is 2.12. The average Bonchev–Trinajstić information content (AvgIpc) is 2.14. The molecule has 1 rings (SSSR count). The van der Waals surface area contributed by atoms with E-state index in [4.69, 9.17) is 4.74 Å². The third-order valence-electron chi connectivity index (χ3n) is 2.40. The van der Waals surface area contributed by atoms with E-state index in [-0.39, 0.29) is 0 Å². The Labute approximate surface area is 80.3 Å². The predicted molar refractivity (Wildman–Crippen MR) is 55.8 cm³/mol. The van der Waals surface area contributed by atoms with E-state index in [0.717, 1.165) is 6.61 Å². The zero-order valence-corrected chi connectivity index (χ0v) is 8.87. The lowest BCUT2D eigenvalue weighted by Crippen LogP contribution is -2.18. The van der Waals surface area contributed by atoms with Crippen molar-refractivity contribution >= 4 is 11.8 Å². The number of thioether (sulfide) groups is 1. The summed E-state index contributed by atoms with van der Waals surface area (Å²) in [6.07, 6.45) is 10.7. The van der Waals surface area contributed by atoms with Crippen LogP contribution in [0.15, 0.2) is 0 Å². The summed E-state index contributed by atoms with van der Waals surface area (Å²) in [5, 5.41) is 0. The lowest BCUT2D eigenvalue weighted by atomic mass is 10.0. The van der Waals surface area contributed by atoms with Gasteiger partial charge in [0, 0.05) is 6.61 Å². The first-order valence-electron chi connectivity index (χ1n) is 5.04. The van der Waals surface area contributed by atoms with Gasteiger partial charge in [-0.15, -0.1) is 0 Å². The first kappa shape index (κ1) is 10.4. The van der Waals surface area contributed by atoms with Gasteiger partial charge in [-0.1, -0.05) is 6.42 Å². The summed E-state index contributed by atoms with van der Waals surface area (Å²) >= 11 is 1.95. The van der Waals surface area contributed by atoms with Gasteiger partial charge in [-0.05, 0) is 44.1 Å². The average molecular weight is 188 g/mol. The zero-order chi connectivity index (χ0) is 8.65.